The zero-order chi connectivity index (χ0) is 15.0. The van der Waals surface area contributed by atoms with Gasteiger partial charge in [0.25, 0.3) is 5.91 Å². The zero-order valence-electron chi connectivity index (χ0n) is 12.1. The van der Waals surface area contributed by atoms with Crippen molar-refractivity contribution in [3.05, 3.63) is 18.0 Å². The first-order chi connectivity index (χ1) is 10.0. The minimum Gasteiger partial charge on any atom is -0.368 e. The molecule has 2 fully saturated rings. The van der Waals surface area contributed by atoms with E-state index in [0.29, 0.717) is 31.9 Å². The van der Waals surface area contributed by atoms with Crippen molar-refractivity contribution < 1.29 is 14.3 Å². The molecule has 2 saturated heterocycles. The molecule has 3 rings (SSSR count). The topological polar surface area (TPSA) is 90.6 Å². The van der Waals surface area contributed by atoms with Gasteiger partial charge in [0.1, 0.15) is 17.3 Å². The lowest BCUT2D eigenvalue weighted by Gasteiger charge is -2.54. The molecule has 21 heavy (non-hydrogen) atoms. The number of rotatable bonds is 2. The van der Waals surface area contributed by atoms with Crippen LogP contribution in [0.1, 0.15) is 10.5 Å². The number of hydrogen-bond donors (Lipinski definition) is 2. The summed E-state index contributed by atoms with van der Waals surface area (Å²) in [6.07, 6.45) is 1.56. The number of likely N-dealkylation sites (N-methyl/N-ethyl adjacent to an activating group) is 2. The molecule has 1 aromatic rings. The molecule has 2 aliphatic heterocycles. The maximum absolute atomic E-state index is 12.1. The molecule has 0 saturated carbocycles. The van der Waals surface area contributed by atoms with Crippen LogP contribution in [-0.4, -0.2) is 83.8 Å². The Morgan fingerprint density at radius 2 is 2.24 bits per heavy atom. The van der Waals surface area contributed by atoms with Gasteiger partial charge in [-0.25, -0.2) is 0 Å². The van der Waals surface area contributed by atoms with Crippen LogP contribution in [0, 0.1) is 0 Å². The van der Waals surface area contributed by atoms with Crippen LogP contribution in [0.25, 0.3) is 0 Å². The van der Waals surface area contributed by atoms with Crippen molar-refractivity contribution in [1.29, 1.82) is 0 Å². The zero-order valence-corrected chi connectivity index (χ0v) is 12.1. The van der Waals surface area contributed by atoms with E-state index in [1.165, 1.54) is 0 Å². The minimum atomic E-state index is -0.352. The third kappa shape index (κ3) is 2.40. The van der Waals surface area contributed by atoms with Crippen LogP contribution in [0.5, 0.6) is 0 Å². The summed E-state index contributed by atoms with van der Waals surface area (Å²) in [7, 11) is 3.53. The third-order valence-corrected chi connectivity index (χ3v) is 4.14. The lowest BCUT2D eigenvalue weighted by Crippen LogP contribution is -2.73. The van der Waals surface area contributed by atoms with E-state index in [0.717, 1.165) is 0 Å². The number of morpholine rings is 1. The lowest BCUT2D eigenvalue weighted by atomic mass is 9.90. The van der Waals surface area contributed by atoms with Crippen LogP contribution in [0.4, 0.5) is 0 Å². The summed E-state index contributed by atoms with van der Waals surface area (Å²) in [5, 5.41) is 9.09. The number of H-pyrrole nitrogens is 1. The van der Waals surface area contributed by atoms with Crippen molar-refractivity contribution in [1.82, 2.24) is 25.3 Å². The molecular weight excluding hydrogens is 274 g/mol. The van der Waals surface area contributed by atoms with Crippen molar-refractivity contribution in [2.75, 3.05) is 40.3 Å². The Balaban J connectivity index is 1.58. The minimum absolute atomic E-state index is 0.0444. The van der Waals surface area contributed by atoms with E-state index in [1.54, 1.807) is 24.2 Å². The summed E-state index contributed by atoms with van der Waals surface area (Å²) in [6.45, 7) is 2.06. The van der Waals surface area contributed by atoms with Gasteiger partial charge in [0.05, 0.1) is 19.7 Å². The Morgan fingerprint density at radius 3 is 2.81 bits per heavy atom. The van der Waals surface area contributed by atoms with Crippen LogP contribution < -0.4 is 5.32 Å². The number of ether oxygens (including phenoxy) is 1. The van der Waals surface area contributed by atoms with E-state index >= 15 is 0 Å². The molecule has 0 radical (unpaired) electrons. The highest BCUT2D eigenvalue weighted by molar-refractivity contribution is 5.93. The van der Waals surface area contributed by atoms with Crippen LogP contribution in [0.3, 0.4) is 0 Å². The van der Waals surface area contributed by atoms with E-state index < -0.39 is 0 Å². The number of aromatic nitrogens is 2. The SMILES string of the molecule is CNC(=O)[C@@H]1COC2(CN(C(=O)c3ccn[nH]3)C2)CN1C. The van der Waals surface area contributed by atoms with Crippen molar-refractivity contribution in [3.8, 4) is 0 Å². The van der Waals surface area contributed by atoms with E-state index in [2.05, 4.69) is 15.5 Å². The van der Waals surface area contributed by atoms with E-state index in [9.17, 15) is 9.59 Å². The van der Waals surface area contributed by atoms with Gasteiger partial charge in [0.2, 0.25) is 5.91 Å². The summed E-state index contributed by atoms with van der Waals surface area (Å²) in [6, 6.07) is 1.39. The van der Waals surface area contributed by atoms with Gasteiger partial charge >= 0.3 is 0 Å². The second-order valence-electron chi connectivity index (χ2n) is 5.67. The van der Waals surface area contributed by atoms with Gasteiger partial charge < -0.3 is 15.0 Å². The predicted molar refractivity (Wildman–Crippen MR) is 73.7 cm³/mol. The quantitative estimate of drug-likeness (QED) is 0.706. The predicted octanol–water partition coefficient (Wildman–Crippen LogP) is -1.32. The van der Waals surface area contributed by atoms with Crippen molar-refractivity contribution >= 4 is 11.8 Å². The average Bonchev–Trinajstić information content (AvgIpc) is 2.97. The maximum Gasteiger partial charge on any atom is 0.272 e. The van der Waals surface area contributed by atoms with Crippen molar-refractivity contribution in [2.24, 2.45) is 0 Å². The first kappa shape index (κ1) is 14.0. The molecule has 0 aromatic carbocycles. The highest BCUT2D eigenvalue weighted by atomic mass is 16.5. The molecule has 1 atom stereocenters. The highest BCUT2D eigenvalue weighted by Gasteiger charge is 2.51. The summed E-state index contributed by atoms with van der Waals surface area (Å²) in [4.78, 5) is 27.6. The molecule has 1 aromatic heterocycles. The van der Waals surface area contributed by atoms with Gasteiger partial charge in [-0.1, -0.05) is 0 Å². The molecular formula is C13H19N5O3. The van der Waals surface area contributed by atoms with E-state index in [-0.39, 0.29) is 23.5 Å². The lowest BCUT2D eigenvalue weighted by molar-refractivity contribution is -0.187. The number of nitrogens with one attached hydrogen (secondary N) is 2. The van der Waals surface area contributed by atoms with E-state index in [1.807, 2.05) is 11.9 Å². The standard InChI is InChI=1S/C13H19N5O3/c1-14-11(19)10-5-21-13(6-17(10)2)7-18(8-13)12(20)9-3-4-15-16-9/h3-4,10H,5-8H2,1-2H3,(H,14,19)(H,15,16)/t10-/m0/s1. The second-order valence-corrected chi connectivity index (χ2v) is 5.67. The molecule has 0 unspecified atom stereocenters. The third-order valence-electron chi connectivity index (χ3n) is 4.14. The highest BCUT2D eigenvalue weighted by Crippen LogP contribution is 2.31. The van der Waals surface area contributed by atoms with Crippen molar-refractivity contribution in [3.63, 3.8) is 0 Å². The average molecular weight is 293 g/mol. The summed E-state index contributed by atoms with van der Waals surface area (Å²) in [5.74, 6) is -0.116. The van der Waals surface area contributed by atoms with Gasteiger partial charge in [-0.2, -0.15) is 5.10 Å². The molecule has 1 spiro atoms. The van der Waals surface area contributed by atoms with E-state index in [4.69, 9.17) is 4.74 Å². The van der Waals surface area contributed by atoms with Gasteiger partial charge in [-0.3, -0.25) is 19.6 Å². The number of likely N-dealkylation sites (tertiary alicyclic amines) is 1. The fourth-order valence-corrected chi connectivity index (χ4v) is 2.97. The van der Waals surface area contributed by atoms with Gasteiger partial charge in [0.15, 0.2) is 0 Å². The van der Waals surface area contributed by atoms with Crippen LogP contribution in [0.15, 0.2) is 12.3 Å². The summed E-state index contributed by atoms with van der Waals surface area (Å²) in [5.41, 5.74) is 0.131. The summed E-state index contributed by atoms with van der Waals surface area (Å²) >= 11 is 0. The number of carbonyl (C=O) groups is 2. The van der Waals surface area contributed by atoms with Crippen LogP contribution in [-0.2, 0) is 9.53 Å². The number of nitrogens with zero attached hydrogens (tertiary/aromatic N) is 3. The maximum atomic E-state index is 12.1. The summed E-state index contributed by atoms with van der Waals surface area (Å²) < 4.78 is 5.88. The smallest absolute Gasteiger partial charge is 0.272 e. The van der Waals surface area contributed by atoms with Gasteiger partial charge in [-0.05, 0) is 13.1 Å². The number of carbonyl (C=O) groups excluding carboxylic acids is 2. The molecule has 0 aliphatic carbocycles. The normalized spacial score (nSPS) is 24.7. The molecule has 2 N–H and O–H groups in total. The second kappa shape index (κ2) is 5.12. The Kier molecular flexibility index (Phi) is 3.42. The molecule has 3 heterocycles. The largest absolute Gasteiger partial charge is 0.368 e. The Morgan fingerprint density at radius 1 is 1.48 bits per heavy atom. The molecule has 114 valence electrons. The first-order valence-electron chi connectivity index (χ1n) is 6.89. The van der Waals surface area contributed by atoms with Crippen LogP contribution >= 0.6 is 0 Å². The molecule has 0 bridgehead atoms. The Labute approximate surface area is 122 Å². The monoisotopic (exact) mass is 293 g/mol. The molecule has 8 nitrogen and oxygen atoms in total. The first-order valence-corrected chi connectivity index (χ1v) is 6.89. The van der Waals surface area contributed by atoms with Crippen LogP contribution in [0.2, 0.25) is 0 Å². The Bertz CT molecular complexity index is 538. The molecule has 2 aliphatic rings. The van der Waals surface area contributed by atoms with Gasteiger partial charge in [0, 0.05) is 19.8 Å². The number of aromatic amines is 1. The van der Waals surface area contributed by atoms with Gasteiger partial charge in [-0.15, -0.1) is 0 Å². The van der Waals surface area contributed by atoms with Crippen molar-refractivity contribution in [2.45, 2.75) is 11.6 Å². The Hall–Kier alpha value is -1.93. The fourth-order valence-electron chi connectivity index (χ4n) is 2.97. The molecule has 8 heteroatoms. The number of hydrogen-bond acceptors (Lipinski definition) is 5. The number of amides is 2. The molecule has 2 amide bonds. The fraction of sp³-hybridized carbons (Fsp3) is 0.615.